The number of amides is 2. The van der Waals surface area contributed by atoms with Gasteiger partial charge in [0.2, 0.25) is 15.9 Å². The summed E-state index contributed by atoms with van der Waals surface area (Å²) in [4.78, 5) is 44.8. The number of rotatable bonds is 8. The molecule has 10 nitrogen and oxygen atoms in total. The van der Waals surface area contributed by atoms with E-state index in [-0.39, 0.29) is 30.5 Å². The third-order valence-corrected chi connectivity index (χ3v) is 10.5. The fraction of sp³-hybridized carbons (Fsp3) is 0.440. The van der Waals surface area contributed by atoms with Gasteiger partial charge in [0.15, 0.2) is 10.8 Å². The van der Waals surface area contributed by atoms with Crippen molar-refractivity contribution >= 4 is 59.9 Å². The van der Waals surface area contributed by atoms with Crippen LogP contribution in [0.25, 0.3) is 9.40 Å². The Morgan fingerprint density at radius 1 is 1.26 bits per heavy atom. The Morgan fingerprint density at radius 2 is 2.08 bits per heavy atom. The van der Waals surface area contributed by atoms with Gasteiger partial charge in [-0.1, -0.05) is 31.3 Å². The van der Waals surface area contributed by atoms with Gasteiger partial charge in [0, 0.05) is 34.4 Å². The summed E-state index contributed by atoms with van der Waals surface area (Å²) in [6.45, 7) is 3.81. The Hall–Kier alpha value is -2.87. The molecule has 2 fully saturated rings. The SMILES string of the molecule is CC(C)CC(NC(=O)Oc1cc2sccc2s1)C(=O)N1CCC2C1C(=O)CN2S(=O)(=O)Cc1cccnc1. The van der Waals surface area contributed by atoms with E-state index < -0.39 is 40.1 Å². The standard InChI is InChI=1S/C25H28N4O6S3/c1-15(2)10-17(27-25(32)35-22-11-21-20(37-22)6-9-36-21)24(31)28-8-5-18-23(28)19(30)13-29(18)38(33,34)14-16-4-3-7-26-12-16/h3-4,6-7,9,11-12,15,17-18,23H,5,8,10,13-14H2,1-2H3,(H,27,32). The predicted molar refractivity (Wildman–Crippen MR) is 145 cm³/mol. The minimum Gasteiger partial charge on any atom is -0.399 e. The van der Waals surface area contributed by atoms with E-state index in [1.54, 1.807) is 35.7 Å². The lowest BCUT2D eigenvalue weighted by molar-refractivity contribution is -0.138. The molecule has 3 unspecified atom stereocenters. The van der Waals surface area contributed by atoms with Crippen molar-refractivity contribution in [3.05, 3.63) is 47.6 Å². The average molecular weight is 577 g/mol. The van der Waals surface area contributed by atoms with Gasteiger partial charge >= 0.3 is 6.09 Å². The van der Waals surface area contributed by atoms with Crippen molar-refractivity contribution in [2.45, 2.75) is 50.6 Å². The van der Waals surface area contributed by atoms with Crippen molar-refractivity contribution in [1.82, 2.24) is 19.5 Å². The second-order valence-corrected chi connectivity index (χ2v) is 13.8. The molecule has 2 saturated heterocycles. The number of sulfonamides is 1. The summed E-state index contributed by atoms with van der Waals surface area (Å²) < 4.78 is 35.1. The number of likely N-dealkylation sites (tertiary alicyclic amines) is 1. The number of ether oxygens (including phenoxy) is 1. The van der Waals surface area contributed by atoms with Crippen LogP contribution in [0.2, 0.25) is 0 Å². The summed E-state index contributed by atoms with van der Waals surface area (Å²) >= 11 is 2.89. The van der Waals surface area contributed by atoms with Crippen molar-refractivity contribution in [3.8, 4) is 5.06 Å². The van der Waals surface area contributed by atoms with Crippen LogP contribution in [0.1, 0.15) is 32.3 Å². The van der Waals surface area contributed by atoms with Gasteiger partial charge in [-0.15, -0.1) is 11.3 Å². The maximum atomic E-state index is 13.6. The van der Waals surface area contributed by atoms with Crippen molar-refractivity contribution < 1.29 is 27.5 Å². The lowest BCUT2D eigenvalue weighted by Gasteiger charge is -2.28. The molecule has 0 aromatic carbocycles. The summed E-state index contributed by atoms with van der Waals surface area (Å²) in [5, 5.41) is 5.08. The van der Waals surface area contributed by atoms with E-state index in [0.717, 1.165) is 9.40 Å². The molecular formula is C25H28N4O6S3. The lowest BCUT2D eigenvalue weighted by atomic mass is 10.0. The highest BCUT2D eigenvalue weighted by Gasteiger charge is 2.54. The monoisotopic (exact) mass is 576 g/mol. The van der Waals surface area contributed by atoms with Crippen LogP contribution >= 0.6 is 22.7 Å². The van der Waals surface area contributed by atoms with Crippen LogP contribution in [0.3, 0.4) is 0 Å². The molecule has 3 atom stereocenters. The molecule has 0 aliphatic carbocycles. The minimum absolute atomic E-state index is 0.0744. The first-order valence-electron chi connectivity index (χ1n) is 12.3. The summed E-state index contributed by atoms with van der Waals surface area (Å²) in [5.41, 5.74) is 0.527. The van der Waals surface area contributed by atoms with Gasteiger partial charge in [0.25, 0.3) is 0 Å². The highest BCUT2D eigenvalue weighted by Crippen LogP contribution is 2.36. The third kappa shape index (κ3) is 5.46. The molecule has 202 valence electrons. The molecule has 3 aromatic heterocycles. The normalized spacial score (nSPS) is 20.7. The smallest absolute Gasteiger partial charge is 0.399 e. The first-order chi connectivity index (χ1) is 18.1. The summed E-state index contributed by atoms with van der Waals surface area (Å²) in [6, 6.07) is 4.66. The topological polar surface area (TPSA) is 126 Å². The number of hydrogen-bond acceptors (Lipinski definition) is 9. The van der Waals surface area contributed by atoms with Crippen molar-refractivity contribution in [2.75, 3.05) is 13.1 Å². The number of carbonyl (C=O) groups excluding carboxylic acids is 3. The number of Topliss-reactive ketones (excluding diaryl/α,β-unsaturated/α-hetero) is 1. The summed E-state index contributed by atoms with van der Waals surface area (Å²) in [6.07, 6.45) is 2.99. The molecular weight excluding hydrogens is 548 g/mol. The first-order valence-corrected chi connectivity index (χ1v) is 15.6. The first kappa shape index (κ1) is 26.7. The van der Waals surface area contributed by atoms with Gasteiger partial charge in [0.1, 0.15) is 12.1 Å². The van der Waals surface area contributed by atoms with Crippen molar-refractivity contribution in [1.29, 1.82) is 0 Å². The van der Waals surface area contributed by atoms with Gasteiger partial charge in [-0.2, -0.15) is 4.31 Å². The quantitative estimate of drug-likeness (QED) is 0.436. The Labute approximate surface area is 228 Å². The molecule has 2 amide bonds. The molecule has 2 aliphatic heterocycles. The Morgan fingerprint density at radius 3 is 2.79 bits per heavy atom. The molecule has 38 heavy (non-hydrogen) atoms. The zero-order valence-corrected chi connectivity index (χ0v) is 23.4. The number of ketones is 1. The fourth-order valence-electron chi connectivity index (χ4n) is 5.11. The Balaban J connectivity index is 1.29. The number of nitrogens with zero attached hydrogens (tertiary/aromatic N) is 3. The molecule has 5 heterocycles. The third-order valence-electron chi connectivity index (χ3n) is 6.70. The molecule has 0 saturated carbocycles. The van der Waals surface area contributed by atoms with Gasteiger partial charge < -0.3 is 15.0 Å². The Kier molecular flexibility index (Phi) is 7.54. The maximum absolute atomic E-state index is 13.6. The number of carbonyl (C=O) groups is 3. The number of thiophene rings is 2. The fourth-order valence-corrected chi connectivity index (χ4v) is 8.77. The largest absolute Gasteiger partial charge is 0.414 e. The van der Waals surface area contributed by atoms with E-state index in [0.29, 0.717) is 23.5 Å². The van der Waals surface area contributed by atoms with Gasteiger partial charge in [-0.3, -0.25) is 14.6 Å². The van der Waals surface area contributed by atoms with E-state index in [9.17, 15) is 22.8 Å². The number of nitrogens with one attached hydrogen (secondary N) is 1. The molecule has 0 bridgehead atoms. The number of hydrogen-bond donors (Lipinski definition) is 1. The lowest BCUT2D eigenvalue weighted by Crippen LogP contribution is -2.53. The van der Waals surface area contributed by atoms with E-state index >= 15 is 0 Å². The zero-order chi connectivity index (χ0) is 27.0. The van der Waals surface area contributed by atoms with Crippen LogP contribution in [0.5, 0.6) is 5.06 Å². The van der Waals surface area contributed by atoms with E-state index in [2.05, 4.69) is 10.3 Å². The van der Waals surface area contributed by atoms with Crippen LogP contribution in [-0.2, 0) is 25.4 Å². The highest BCUT2D eigenvalue weighted by molar-refractivity contribution is 7.88. The maximum Gasteiger partial charge on any atom is 0.414 e. The molecule has 3 aromatic rings. The highest BCUT2D eigenvalue weighted by atomic mass is 32.2. The number of fused-ring (bicyclic) bond motifs is 2. The van der Waals surface area contributed by atoms with Gasteiger partial charge in [0.05, 0.1) is 18.3 Å². The number of pyridine rings is 1. The zero-order valence-electron chi connectivity index (χ0n) is 20.9. The van der Waals surface area contributed by atoms with Crippen LogP contribution in [0.4, 0.5) is 4.79 Å². The van der Waals surface area contributed by atoms with Crippen molar-refractivity contribution in [2.24, 2.45) is 5.92 Å². The van der Waals surface area contributed by atoms with E-state index in [1.165, 1.54) is 26.7 Å². The average Bonchev–Trinajstić information content (AvgIpc) is 3.61. The molecule has 0 spiro atoms. The predicted octanol–water partition coefficient (Wildman–Crippen LogP) is 3.25. The minimum atomic E-state index is -3.80. The summed E-state index contributed by atoms with van der Waals surface area (Å²) in [7, 11) is -3.80. The van der Waals surface area contributed by atoms with Gasteiger partial charge in [-0.25, -0.2) is 13.2 Å². The molecule has 1 N–H and O–H groups in total. The van der Waals surface area contributed by atoms with Gasteiger partial charge in [-0.05, 0) is 41.8 Å². The molecule has 13 heteroatoms. The molecule has 2 aliphatic rings. The number of aromatic nitrogens is 1. The molecule has 0 radical (unpaired) electrons. The second-order valence-electron chi connectivity index (χ2n) is 9.89. The Bertz CT molecular complexity index is 1420. The van der Waals surface area contributed by atoms with E-state index in [1.807, 2.05) is 25.3 Å². The second kappa shape index (κ2) is 10.7. The van der Waals surface area contributed by atoms with Crippen LogP contribution in [0, 0.1) is 5.92 Å². The van der Waals surface area contributed by atoms with Crippen LogP contribution in [-0.4, -0.2) is 71.6 Å². The van der Waals surface area contributed by atoms with Crippen LogP contribution in [0.15, 0.2) is 42.0 Å². The summed E-state index contributed by atoms with van der Waals surface area (Å²) in [5.74, 6) is -0.921. The van der Waals surface area contributed by atoms with Crippen molar-refractivity contribution in [3.63, 3.8) is 0 Å². The van der Waals surface area contributed by atoms with Crippen LogP contribution < -0.4 is 10.1 Å². The molecule has 5 rings (SSSR count). The van der Waals surface area contributed by atoms with E-state index in [4.69, 9.17) is 4.74 Å².